The van der Waals surface area contributed by atoms with E-state index in [1.165, 1.54) is 0 Å². The van der Waals surface area contributed by atoms with Crippen molar-refractivity contribution in [1.29, 1.82) is 0 Å². The number of aromatic carboxylic acids is 1. The van der Waals surface area contributed by atoms with Crippen LogP contribution in [0.2, 0.25) is 0 Å². The predicted molar refractivity (Wildman–Crippen MR) is 59.8 cm³/mol. The first kappa shape index (κ1) is 10.9. The van der Waals surface area contributed by atoms with Gasteiger partial charge in [0.15, 0.2) is 0 Å². The fourth-order valence-electron chi connectivity index (χ4n) is 1.05. The minimum atomic E-state index is -0.874. The molecule has 0 fully saturated rings. The third-order valence-electron chi connectivity index (χ3n) is 1.68. The van der Waals surface area contributed by atoms with Gasteiger partial charge in [-0.25, -0.2) is 4.79 Å². The Bertz CT molecular complexity index is 334. The van der Waals surface area contributed by atoms with E-state index < -0.39 is 5.97 Å². The molecule has 0 aliphatic heterocycles. The van der Waals surface area contributed by atoms with E-state index in [4.69, 9.17) is 5.11 Å². The zero-order valence-corrected chi connectivity index (χ0v) is 8.59. The molecule has 1 aromatic rings. The summed E-state index contributed by atoms with van der Waals surface area (Å²) in [6.07, 6.45) is 1.84. The smallest absolute Gasteiger partial charge is 0.335 e. The Morgan fingerprint density at radius 1 is 1.57 bits per heavy atom. The largest absolute Gasteiger partial charge is 0.478 e. The molecule has 0 unspecified atom stereocenters. The minimum Gasteiger partial charge on any atom is -0.478 e. The van der Waals surface area contributed by atoms with Crippen LogP contribution in [0.3, 0.4) is 0 Å². The topological polar surface area (TPSA) is 37.3 Å². The van der Waals surface area contributed by atoms with Crippen molar-refractivity contribution in [1.82, 2.24) is 0 Å². The Kier molecular flexibility index (Phi) is 4.26. The lowest BCUT2D eigenvalue weighted by molar-refractivity contribution is 0.0697. The standard InChI is InChI=1S/C11H12O2S/c1-2-6-14-8-9-4-3-5-10(7-9)11(12)13/h2-5,7H,1,6,8H2,(H,12,13). The lowest BCUT2D eigenvalue weighted by atomic mass is 10.1. The summed E-state index contributed by atoms with van der Waals surface area (Å²) in [7, 11) is 0. The van der Waals surface area contributed by atoms with E-state index in [-0.39, 0.29) is 0 Å². The molecule has 0 aromatic heterocycles. The zero-order chi connectivity index (χ0) is 10.4. The van der Waals surface area contributed by atoms with Crippen molar-refractivity contribution in [2.45, 2.75) is 5.75 Å². The summed E-state index contributed by atoms with van der Waals surface area (Å²) in [5.41, 5.74) is 1.39. The molecule has 74 valence electrons. The van der Waals surface area contributed by atoms with Gasteiger partial charge in [-0.05, 0) is 17.7 Å². The lowest BCUT2D eigenvalue weighted by Gasteiger charge is -2.00. The molecule has 0 aliphatic rings. The second-order valence-corrected chi connectivity index (χ2v) is 3.84. The van der Waals surface area contributed by atoms with Gasteiger partial charge in [-0.15, -0.1) is 6.58 Å². The van der Waals surface area contributed by atoms with E-state index in [0.717, 1.165) is 17.1 Å². The molecule has 0 bridgehead atoms. The van der Waals surface area contributed by atoms with E-state index >= 15 is 0 Å². The number of carboxylic acids is 1. The van der Waals surface area contributed by atoms with Gasteiger partial charge in [0.1, 0.15) is 0 Å². The fraction of sp³-hybridized carbons (Fsp3) is 0.182. The molecular formula is C11H12O2S. The molecule has 1 aromatic carbocycles. The van der Waals surface area contributed by atoms with Crippen LogP contribution in [-0.4, -0.2) is 16.8 Å². The highest BCUT2D eigenvalue weighted by atomic mass is 32.2. The average Bonchev–Trinajstić information content (AvgIpc) is 2.19. The second-order valence-electron chi connectivity index (χ2n) is 2.81. The van der Waals surface area contributed by atoms with Gasteiger partial charge in [0.25, 0.3) is 0 Å². The summed E-state index contributed by atoms with van der Waals surface area (Å²) in [6.45, 7) is 3.62. The van der Waals surface area contributed by atoms with Gasteiger partial charge in [-0.2, -0.15) is 11.8 Å². The van der Waals surface area contributed by atoms with Crippen LogP contribution in [-0.2, 0) is 5.75 Å². The van der Waals surface area contributed by atoms with Gasteiger partial charge < -0.3 is 5.11 Å². The molecule has 3 heteroatoms. The highest BCUT2D eigenvalue weighted by Crippen LogP contribution is 2.13. The first-order valence-electron chi connectivity index (χ1n) is 4.25. The first-order chi connectivity index (χ1) is 6.74. The van der Waals surface area contributed by atoms with Crippen molar-refractivity contribution in [3.63, 3.8) is 0 Å². The molecule has 0 heterocycles. The highest BCUT2D eigenvalue weighted by Gasteiger charge is 2.02. The maximum Gasteiger partial charge on any atom is 0.335 e. The summed E-state index contributed by atoms with van der Waals surface area (Å²) in [5, 5.41) is 8.76. The van der Waals surface area contributed by atoms with Crippen LogP contribution >= 0.6 is 11.8 Å². The number of hydrogen-bond donors (Lipinski definition) is 1. The Morgan fingerprint density at radius 2 is 2.36 bits per heavy atom. The van der Waals surface area contributed by atoms with Gasteiger partial charge in [0, 0.05) is 11.5 Å². The Hall–Kier alpha value is -1.22. The SMILES string of the molecule is C=CCSCc1cccc(C(=O)O)c1. The molecule has 0 spiro atoms. The maximum absolute atomic E-state index is 10.7. The predicted octanol–water partition coefficient (Wildman–Crippen LogP) is 2.80. The van der Waals surface area contributed by atoms with Crippen molar-refractivity contribution in [2.24, 2.45) is 0 Å². The Balaban J connectivity index is 2.63. The van der Waals surface area contributed by atoms with Gasteiger partial charge in [-0.3, -0.25) is 0 Å². The van der Waals surface area contributed by atoms with E-state index in [9.17, 15) is 4.79 Å². The molecule has 0 saturated heterocycles. The molecule has 1 rings (SSSR count). The summed E-state index contributed by atoms with van der Waals surface area (Å²) in [5.74, 6) is 0.838. The average molecular weight is 208 g/mol. The van der Waals surface area contributed by atoms with Crippen LogP contribution in [0.15, 0.2) is 36.9 Å². The number of rotatable bonds is 5. The molecule has 0 aliphatic carbocycles. The monoisotopic (exact) mass is 208 g/mol. The van der Waals surface area contributed by atoms with Crippen molar-refractivity contribution >= 4 is 17.7 Å². The zero-order valence-electron chi connectivity index (χ0n) is 7.77. The van der Waals surface area contributed by atoms with Gasteiger partial charge >= 0.3 is 5.97 Å². The van der Waals surface area contributed by atoms with Gasteiger partial charge in [0.05, 0.1) is 5.56 Å². The lowest BCUT2D eigenvalue weighted by Crippen LogP contribution is -1.96. The van der Waals surface area contributed by atoms with Crippen LogP contribution in [0.1, 0.15) is 15.9 Å². The van der Waals surface area contributed by atoms with Crippen LogP contribution in [0, 0.1) is 0 Å². The van der Waals surface area contributed by atoms with Crippen LogP contribution < -0.4 is 0 Å². The summed E-state index contributed by atoms with van der Waals surface area (Å²) >= 11 is 1.72. The molecule has 0 amide bonds. The summed E-state index contributed by atoms with van der Waals surface area (Å²) < 4.78 is 0. The summed E-state index contributed by atoms with van der Waals surface area (Å²) in [4.78, 5) is 10.7. The van der Waals surface area contributed by atoms with Crippen LogP contribution in [0.5, 0.6) is 0 Å². The summed E-state index contributed by atoms with van der Waals surface area (Å²) in [6, 6.07) is 7.01. The molecular weight excluding hydrogens is 196 g/mol. The third-order valence-corrected chi connectivity index (χ3v) is 2.69. The number of hydrogen-bond acceptors (Lipinski definition) is 2. The van der Waals surface area contributed by atoms with Crippen molar-refractivity contribution in [3.05, 3.63) is 48.0 Å². The molecule has 0 saturated carbocycles. The number of carbonyl (C=O) groups is 1. The van der Waals surface area contributed by atoms with Crippen molar-refractivity contribution in [2.75, 3.05) is 5.75 Å². The van der Waals surface area contributed by atoms with Crippen molar-refractivity contribution < 1.29 is 9.90 Å². The van der Waals surface area contributed by atoms with Crippen LogP contribution in [0.25, 0.3) is 0 Å². The number of thioether (sulfide) groups is 1. The molecule has 1 N–H and O–H groups in total. The normalized spacial score (nSPS) is 9.71. The van der Waals surface area contributed by atoms with Gasteiger partial charge in [0.2, 0.25) is 0 Å². The molecule has 2 nitrogen and oxygen atoms in total. The quantitative estimate of drug-likeness (QED) is 0.597. The fourth-order valence-corrected chi connectivity index (χ4v) is 1.75. The molecule has 0 atom stereocenters. The van der Waals surface area contributed by atoms with E-state index in [0.29, 0.717) is 5.56 Å². The van der Waals surface area contributed by atoms with E-state index in [1.807, 2.05) is 12.1 Å². The molecule has 0 radical (unpaired) electrons. The van der Waals surface area contributed by atoms with Crippen molar-refractivity contribution in [3.8, 4) is 0 Å². The number of carboxylic acid groups (broad SMARTS) is 1. The van der Waals surface area contributed by atoms with Crippen LogP contribution in [0.4, 0.5) is 0 Å². The Labute approximate surface area is 87.6 Å². The molecule has 14 heavy (non-hydrogen) atoms. The highest BCUT2D eigenvalue weighted by molar-refractivity contribution is 7.98. The minimum absolute atomic E-state index is 0.349. The second kappa shape index (κ2) is 5.50. The first-order valence-corrected chi connectivity index (χ1v) is 5.40. The maximum atomic E-state index is 10.7. The van der Waals surface area contributed by atoms with E-state index in [2.05, 4.69) is 6.58 Å². The van der Waals surface area contributed by atoms with Gasteiger partial charge in [-0.1, -0.05) is 18.2 Å². The third kappa shape index (κ3) is 3.26. The number of benzene rings is 1. The van der Waals surface area contributed by atoms with E-state index in [1.54, 1.807) is 30.0 Å². The Morgan fingerprint density at radius 3 is 3.00 bits per heavy atom.